The van der Waals surface area contributed by atoms with Crippen LogP contribution in [0.1, 0.15) is 31.7 Å². The molecule has 0 heterocycles. The maximum absolute atomic E-state index is 8.73. The first-order chi connectivity index (χ1) is 9.15. The van der Waals surface area contributed by atoms with E-state index >= 15 is 0 Å². The lowest BCUT2D eigenvalue weighted by Crippen LogP contribution is -2.32. The van der Waals surface area contributed by atoms with Gasteiger partial charge in [-0.3, -0.25) is 0 Å². The van der Waals surface area contributed by atoms with Crippen molar-refractivity contribution in [2.75, 3.05) is 18.0 Å². The molecular weight excluding hydrogens is 306 g/mol. The second kappa shape index (κ2) is 6.28. The summed E-state index contributed by atoms with van der Waals surface area (Å²) in [7, 11) is 0. The summed E-state index contributed by atoms with van der Waals surface area (Å²) in [6.07, 6.45) is 4.06. The minimum atomic E-state index is 0.125. The number of hydrogen-bond acceptors (Lipinski definition) is 3. The van der Waals surface area contributed by atoms with E-state index in [0.29, 0.717) is 5.56 Å². The van der Waals surface area contributed by atoms with Crippen molar-refractivity contribution in [3.63, 3.8) is 0 Å². The van der Waals surface area contributed by atoms with Gasteiger partial charge >= 0.3 is 0 Å². The molecule has 0 aromatic heterocycles. The zero-order valence-electron chi connectivity index (χ0n) is 11.1. The standard InChI is InChI=1S/C14H20BrN3O/c1-2-18(9-10-4-3-5-10)11-6-7-12(13(15)8-11)14(16)17-19/h6-8,10,19H,2-5,9H2,1H3,(H2,16,17). The van der Waals surface area contributed by atoms with Crippen molar-refractivity contribution >= 4 is 27.5 Å². The second-order valence-electron chi connectivity index (χ2n) is 4.98. The second-order valence-corrected chi connectivity index (χ2v) is 5.84. The lowest BCUT2D eigenvalue weighted by Gasteiger charge is -2.33. The molecule has 2 rings (SSSR count). The van der Waals surface area contributed by atoms with Gasteiger partial charge in [0.2, 0.25) is 0 Å². The van der Waals surface area contributed by atoms with E-state index in [-0.39, 0.29) is 5.84 Å². The van der Waals surface area contributed by atoms with Gasteiger partial charge in [0, 0.05) is 28.8 Å². The molecule has 3 N–H and O–H groups in total. The number of hydrogen-bond donors (Lipinski definition) is 2. The predicted octanol–water partition coefficient (Wildman–Crippen LogP) is 3.17. The molecule has 0 radical (unpaired) electrons. The number of amidine groups is 1. The van der Waals surface area contributed by atoms with Crippen LogP contribution in [0.3, 0.4) is 0 Å². The highest BCUT2D eigenvalue weighted by Crippen LogP contribution is 2.30. The Bertz CT molecular complexity index is 472. The number of halogens is 1. The Labute approximate surface area is 122 Å². The molecule has 4 nitrogen and oxygen atoms in total. The Hall–Kier alpha value is -1.23. The van der Waals surface area contributed by atoms with Crippen LogP contribution in [-0.2, 0) is 0 Å². The molecular formula is C14H20BrN3O. The van der Waals surface area contributed by atoms with Gasteiger partial charge < -0.3 is 15.8 Å². The molecule has 1 aromatic rings. The first kappa shape index (κ1) is 14.2. The third-order valence-electron chi connectivity index (χ3n) is 3.79. The Morgan fingerprint density at radius 3 is 2.74 bits per heavy atom. The first-order valence-corrected chi connectivity index (χ1v) is 7.47. The zero-order valence-corrected chi connectivity index (χ0v) is 12.7. The quantitative estimate of drug-likeness (QED) is 0.378. The summed E-state index contributed by atoms with van der Waals surface area (Å²) in [5, 5.41) is 11.8. The van der Waals surface area contributed by atoms with Gasteiger partial charge in [-0.2, -0.15) is 0 Å². The number of nitrogens with zero attached hydrogens (tertiary/aromatic N) is 2. The molecule has 0 atom stereocenters. The van der Waals surface area contributed by atoms with Crippen LogP contribution in [0.15, 0.2) is 27.8 Å². The summed E-state index contributed by atoms with van der Waals surface area (Å²) in [4.78, 5) is 2.38. The molecule has 1 aromatic carbocycles. The van der Waals surface area contributed by atoms with Crippen molar-refractivity contribution < 1.29 is 5.21 Å². The first-order valence-electron chi connectivity index (χ1n) is 6.68. The van der Waals surface area contributed by atoms with Crippen LogP contribution in [-0.4, -0.2) is 24.1 Å². The molecule has 1 aliphatic rings. The van der Waals surface area contributed by atoms with E-state index in [1.807, 2.05) is 18.2 Å². The highest BCUT2D eigenvalue weighted by molar-refractivity contribution is 9.10. The van der Waals surface area contributed by atoms with Gasteiger partial charge in [-0.15, -0.1) is 0 Å². The Balaban J connectivity index is 2.16. The molecule has 0 aliphatic heterocycles. The molecule has 1 saturated carbocycles. The molecule has 0 saturated heterocycles. The maximum atomic E-state index is 8.73. The van der Waals surface area contributed by atoms with Crippen LogP contribution >= 0.6 is 15.9 Å². The largest absolute Gasteiger partial charge is 0.409 e. The van der Waals surface area contributed by atoms with Crippen molar-refractivity contribution in [3.8, 4) is 0 Å². The molecule has 1 aliphatic carbocycles. The van der Waals surface area contributed by atoms with E-state index < -0.39 is 0 Å². The average Bonchev–Trinajstić information content (AvgIpc) is 2.37. The van der Waals surface area contributed by atoms with Crippen molar-refractivity contribution in [2.24, 2.45) is 16.8 Å². The van der Waals surface area contributed by atoms with Crippen LogP contribution in [0.5, 0.6) is 0 Å². The average molecular weight is 326 g/mol. The van der Waals surface area contributed by atoms with Crippen molar-refractivity contribution in [3.05, 3.63) is 28.2 Å². The van der Waals surface area contributed by atoms with Gasteiger partial charge in [0.05, 0.1) is 0 Å². The predicted molar refractivity (Wildman–Crippen MR) is 81.9 cm³/mol. The fraction of sp³-hybridized carbons (Fsp3) is 0.500. The van der Waals surface area contributed by atoms with E-state index in [1.54, 1.807) is 0 Å². The van der Waals surface area contributed by atoms with Crippen molar-refractivity contribution in [1.82, 2.24) is 0 Å². The van der Waals surface area contributed by atoms with E-state index in [2.05, 4.69) is 32.9 Å². The third kappa shape index (κ3) is 3.21. The molecule has 0 spiro atoms. The lowest BCUT2D eigenvalue weighted by atomic mass is 9.85. The highest BCUT2D eigenvalue weighted by atomic mass is 79.9. The summed E-state index contributed by atoms with van der Waals surface area (Å²) in [5.74, 6) is 0.961. The topological polar surface area (TPSA) is 61.8 Å². The van der Waals surface area contributed by atoms with Crippen LogP contribution in [0.25, 0.3) is 0 Å². The molecule has 19 heavy (non-hydrogen) atoms. The van der Waals surface area contributed by atoms with E-state index in [1.165, 1.54) is 24.9 Å². The monoisotopic (exact) mass is 325 g/mol. The van der Waals surface area contributed by atoms with Crippen molar-refractivity contribution in [1.29, 1.82) is 0 Å². The molecule has 5 heteroatoms. The number of nitrogens with two attached hydrogens (primary N) is 1. The summed E-state index contributed by atoms with van der Waals surface area (Å²) in [6.45, 7) is 4.28. The van der Waals surface area contributed by atoms with Crippen LogP contribution in [0.4, 0.5) is 5.69 Å². The van der Waals surface area contributed by atoms with Crippen LogP contribution < -0.4 is 10.6 Å². The van der Waals surface area contributed by atoms with Gasteiger partial charge in [0.1, 0.15) is 0 Å². The van der Waals surface area contributed by atoms with Gasteiger partial charge in [-0.1, -0.05) is 11.6 Å². The summed E-state index contributed by atoms with van der Waals surface area (Å²) in [6, 6.07) is 5.95. The Kier molecular flexibility index (Phi) is 4.69. The summed E-state index contributed by atoms with van der Waals surface area (Å²) in [5.41, 5.74) is 7.51. The molecule has 1 fully saturated rings. The fourth-order valence-corrected chi connectivity index (χ4v) is 2.94. The minimum absolute atomic E-state index is 0.125. The highest BCUT2D eigenvalue weighted by Gasteiger charge is 2.20. The number of rotatable bonds is 5. The number of benzene rings is 1. The van der Waals surface area contributed by atoms with Gasteiger partial charge in [-0.05, 0) is 59.8 Å². The Morgan fingerprint density at radius 1 is 1.53 bits per heavy atom. The fourth-order valence-electron chi connectivity index (χ4n) is 2.37. The lowest BCUT2D eigenvalue weighted by molar-refractivity contribution is 0.318. The zero-order chi connectivity index (χ0) is 13.8. The van der Waals surface area contributed by atoms with Crippen molar-refractivity contribution in [2.45, 2.75) is 26.2 Å². The number of anilines is 1. The van der Waals surface area contributed by atoms with E-state index in [0.717, 1.165) is 23.5 Å². The van der Waals surface area contributed by atoms with Gasteiger partial charge in [-0.25, -0.2) is 0 Å². The Morgan fingerprint density at radius 2 is 2.26 bits per heavy atom. The number of oxime groups is 1. The van der Waals surface area contributed by atoms with Crippen LogP contribution in [0.2, 0.25) is 0 Å². The van der Waals surface area contributed by atoms with Gasteiger partial charge in [0.25, 0.3) is 0 Å². The molecule has 0 bridgehead atoms. The third-order valence-corrected chi connectivity index (χ3v) is 4.44. The molecule has 104 valence electrons. The normalized spacial score (nSPS) is 16.2. The molecule has 0 amide bonds. The smallest absolute Gasteiger partial charge is 0.171 e. The van der Waals surface area contributed by atoms with Crippen LogP contribution in [0, 0.1) is 5.92 Å². The summed E-state index contributed by atoms with van der Waals surface area (Å²) < 4.78 is 0.854. The summed E-state index contributed by atoms with van der Waals surface area (Å²) >= 11 is 3.48. The molecule has 0 unspecified atom stereocenters. The van der Waals surface area contributed by atoms with E-state index in [4.69, 9.17) is 10.9 Å². The minimum Gasteiger partial charge on any atom is -0.409 e. The maximum Gasteiger partial charge on any atom is 0.171 e. The van der Waals surface area contributed by atoms with E-state index in [9.17, 15) is 0 Å². The van der Waals surface area contributed by atoms with Gasteiger partial charge in [0.15, 0.2) is 5.84 Å². The SMILES string of the molecule is CCN(CC1CCC1)c1ccc(/C(N)=N/O)c(Br)c1.